The van der Waals surface area contributed by atoms with Gasteiger partial charge in [-0.2, -0.15) is 0 Å². The van der Waals surface area contributed by atoms with Crippen molar-refractivity contribution in [2.75, 3.05) is 18.0 Å². The zero-order valence-corrected chi connectivity index (χ0v) is 9.68. The van der Waals surface area contributed by atoms with E-state index in [1.807, 2.05) is 0 Å². The van der Waals surface area contributed by atoms with Crippen molar-refractivity contribution in [1.82, 2.24) is 0 Å². The molecule has 3 heteroatoms. The number of hydrogen-bond donors (Lipinski definition) is 1. The second-order valence-electron chi connectivity index (χ2n) is 3.05. The van der Waals surface area contributed by atoms with E-state index in [1.54, 1.807) is 0 Å². The Morgan fingerprint density at radius 2 is 1.86 bits per heavy atom. The van der Waals surface area contributed by atoms with E-state index < -0.39 is 0 Å². The van der Waals surface area contributed by atoms with Gasteiger partial charge in [0.25, 0.3) is 0 Å². The van der Waals surface area contributed by atoms with Crippen LogP contribution in [0.1, 0.15) is 19.4 Å². The third-order valence-electron chi connectivity index (χ3n) is 2.27. The summed E-state index contributed by atoms with van der Waals surface area (Å²) in [5, 5.41) is 0. The topological polar surface area (TPSA) is 29.3 Å². The van der Waals surface area contributed by atoms with Crippen molar-refractivity contribution in [1.29, 1.82) is 0 Å². The van der Waals surface area contributed by atoms with Crippen LogP contribution in [-0.2, 0) is 6.54 Å². The summed E-state index contributed by atoms with van der Waals surface area (Å²) >= 11 is 0. The molecule has 1 aromatic rings. The highest BCUT2D eigenvalue weighted by Gasteiger charge is 2.00. The monoisotopic (exact) mass is 214 g/mol. The van der Waals surface area contributed by atoms with Gasteiger partial charge in [-0.15, -0.1) is 12.4 Å². The number of nitrogens with two attached hydrogens (primary N) is 1. The van der Waals surface area contributed by atoms with Crippen molar-refractivity contribution in [3.05, 3.63) is 29.8 Å². The van der Waals surface area contributed by atoms with Crippen LogP contribution < -0.4 is 10.6 Å². The normalized spacial score (nSPS) is 9.36. The molecule has 80 valence electrons. The maximum atomic E-state index is 5.58. The minimum absolute atomic E-state index is 0. The first-order valence-corrected chi connectivity index (χ1v) is 4.85. The summed E-state index contributed by atoms with van der Waals surface area (Å²) in [5.41, 5.74) is 8.05. The Hall–Kier alpha value is -0.730. The molecule has 0 radical (unpaired) electrons. The van der Waals surface area contributed by atoms with Crippen LogP contribution in [0.5, 0.6) is 0 Å². The molecule has 2 N–H and O–H groups in total. The summed E-state index contributed by atoms with van der Waals surface area (Å²) in [7, 11) is 0. The van der Waals surface area contributed by atoms with Crippen LogP contribution in [0, 0.1) is 0 Å². The van der Waals surface area contributed by atoms with Crippen LogP contribution in [0.25, 0.3) is 0 Å². The fraction of sp³-hybridized carbons (Fsp3) is 0.455. The molecule has 0 atom stereocenters. The highest BCUT2D eigenvalue weighted by Crippen LogP contribution is 2.15. The molecule has 0 amide bonds. The maximum Gasteiger partial charge on any atom is 0.0369 e. The van der Waals surface area contributed by atoms with Crippen molar-refractivity contribution in [3.63, 3.8) is 0 Å². The lowest BCUT2D eigenvalue weighted by molar-refractivity contribution is 0.864. The highest BCUT2D eigenvalue weighted by molar-refractivity contribution is 5.85. The van der Waals surface area contributed by atoms with Gasteiger partial charge in [-0.3, -0.25) is 0 Å². The van der Waals surface area contributed by atoms with E-state index in [4.69, 9.17) is 5.73 Å². The van der Waals surface area contributed by atoms with Crippen molar-refractivity contribution < 1.29 is 0 Å². The average Bonchev–Trinajstić information content (AvgIpc) is 2.20. The molecule has 0 aliphatic heterocycles. The van der Waals surface area contributed by atoms with E-state index in [1.165, 1.54) is 11.3 Å². The third-order valence-corrected chi connectivity index (χ3v) is 2.27. The Balaban J connectivity index is 0.00000169. The molecule has 0 bridgehead atoms. The quantitative estimate of drug-likeness (QED) is 0.834. The third kappa shape index (κ3) is 3.20. The molecule has 0 aliphatic rings. The number of halogens is 1. The summed E-state index contributed by atoms with van der Waals surface area (Å²) in [6, 6.07) is 8.42. The van der Waals surface area contributed by atoms with Gasteiger partial charge in [-0.05, 0) is 31.5 Å². The Bertz CT molecular complexity index is 259. The number of anilines is 1. The van der Waals surface area contributed by atoms with Crippen molar-refractivity contribution >= 4 is 18.1 Å². The Labute approximate surface area is 92.5 Å². The molecule has 1 aromatic carbocycles. The Morgan fingerprint density at radius 1 is 1.21 bits per heavy atom. The summed E-state index contributed by atoms with van der Waals surface area (Å²) in [4.78, 5) is 2.32. The van der Waals surface area contributed by atoms with Gasteiger partial charge >= 0.3 is 0 Å². The summed E-state index contributed by atoms with van der Waals surface area (Å²) in [6.07, 6.45) is 0. The van der Waals surface area contributed by atoms with Gasteiger partial charge in [0.2, 0.25) is 0 Å². The molecule has 0 saturated carbocycles. The largest absolute Gasteiger partial charge is 0.372 e. The zero-order valence-electron chi connectivity index (χ0n) is 8.86. The second kappa shape index (κ2) is 6.68. The van der Waals surface area contributed by atoms with Gasteiger partial charge in [0.15, 0.2) is 0 Å². The SMILES string of the molecule is CCN(CC)c1cccc(CN)c1.Cl. The van der Waals surface area contributed by atoms with Gasteiger partial charge in [-0.25, -0.2) is 0 Å². The standard InChI is InChI=1S/C11H18N2.ClH/c1-3-13(4-2)11-7-5-6-10(8-11)9-12;/h5-8H,3-4,9,12H2,1-2H3;1H. The number of hydrogen-bond acceptors (Lipinski definition) is 2. The van der Waals surface area contributed by atoms with E-state index in [0.717, 1.165) is 13.1 Å². The number of nitrogens with zero attached hydrogens (tertiary/aromatic N) is 1. The van der Waals surface area contributed by atoms with Gasteiger partial charge in [0.05, 0.1) is 0 Å². The van der Waals surface area contributed by atoms with Crippen molar-refractivity contribution in [2.24, 2.45) is 5.73 Å². The van der Waals surface area contributed by atoms with Crippen LogP contribution in [0.4, 0.5) is 5.69 Å². The first-order valence-electron chi connectivity index (χ1n) is 4.85. The minimum atomic E-state index is 0. The molecule has 0 saturated heterocycles. The Morgan fingerprint density at radius 3 is 2.36 bits per heavy atom. The lowest BCUT2D eigenvalue weighted by Crippen LogP contribution is -2.21. The molecule has 14 heavy (non-hydrogen) atoms. The molecule has 0 heterocycles. The van der Waals surface area contributed by atoms with Gasteiger partial charge in [0.1, 0.15) is 0 Å². The maximum absolute atomic E-state index is 5.58. The Kier molecular flexibility index (Phi) is 6.34. The molecular formula is C11H19ClN2. The molecule has 0 spiro atoms. The van der Waals surface area contributed by atoms with E-state index in [0.29, 0.717) is 6.54 Å². The number of benzene rings is 1. The van der Waals surface area contributed by atoms with E-state index in [9.17, 15) is 0 Å². The summed E-state index contributed by atoms with van der Waals surface area (Å²) in [6.45, 7) is 7.04. The van der Waals surface area contributed by atoms with Crippen LogP contribution in [-0.4, -0.2) is 13.1 Å². The van der Waals surface area contributed by atoms with Crippen LogP contribution in [0.2, 0.25) is 0 Å². The molecule has 1 rings (SSSR count). The smallest absolute Gasteiger partial charge is 0.0369 e. The fourth-order valence-electron chi connectivity index (χ4n) is 1.47. The lowest BCUT2D eigenvalue weighted by atomic mass is 10.2. The van der Waals surface area contributed by atoms with E-state index in [-0.39, 0.29) is 12.4 Å². The van der Waals surface area contributed by atoms with Gasteiger partial charge in [-0.1, -0.05) is 12.1 Å². The first-order chi connectivity index (χ1) is 6.31. The molecule has 0 aliphatic carbocycles. The zero-order chi connectivity index (χ0) is 9.68. The second-order valence-corrected chi connectivity index (χ2v) is 3.05. The van der Waals surface area contributed by atoms with Gasteiger partial charge in [0, 0.05) is 25.3 Å². The van der Waals surface area contributed by atoms with Crippen LogP contribution in [0.15, 0.2) is 24.3 Å². The fourth-order valence-corrected chi connectivity index (χ4v) is 1.47. The van der Waals surface area contributed by atoms with Crippen LogP contribution in [0.3, 0.4) is 0 Å². The molecule has 0 fully saturated rings. The van der Waals surface area contributed by atoms with Crippen molar-refractivity contribution in [2.45, 2.75) is 20.4 Å². The highest BCUT2D eigenvalue weighted by atomic mass is 35.5. The number of rotatable bonds is 4. The minimum Gasteiger partial charge on any atom is -0.372 e. The molecule has 0 aromatic heterocycles. The molecule has 0 unspecified atom stereocenters. The lowest BCUT2D eigenvalue weighted by Gasteiger charge is -2.21. The predicted molar refractivity (Wildman–Crippen MR) is 65.1 cm³/mol. The van der Waals surface area contributed by atoms with E-state index in [2.05, 4.69) is 43.0 Å². The molecular weight excluding hydrogens is 196 g/mol. The van der Waals surface area contributed by atoms with Crippen molar-refractivity contribution in [3.8, 4) is 0 Å². The first kappa shape index (κ1) is 13.3. The summed E-state index contributed by atoms with van der Waals surface area (Å²) < 4.78 is 0. The average molecular weight is 215 g/mol. The molecule has 2 nitrogen and oxygen atoms in total. The van der Waals surface area contributed by atoms with Gasteiger partial charge < -0.3 is 10.6 Å². The van der Waals surface area contributed by atoms with Crippen LogP contribution >= 0.6 is 12.4 Å². The predicted octanol–water partition coefficient (Wildman–Crippen LogP) is 2.41. The van der Waals surface area contributed by atoms with E-state index >= 15 is 0 Å². The summed E-state index contributed by atoms with van der Waals surface area (Å²) in [5.74, 6) is 0.